The van der Waals surface area contributed by atoms with Gasteiger partial charge in [0, 0.05) is 4.90 Å². The Bertz CT molecular complexity index is 330. The quantitative estimate of drug-likeness (QED) is 0.659. The molecule has 0 saturated carbocycles. The Morgan fingerprint density at radius 1 is 1.33 bits per heavy atom. The molecule has 1 aliphatic rings. The van der Waals surface area contributed by atoms with Crippen LogP contribution in [0.15, 0.2) is 40.1 Å². The molecule has 1 aromatic carbocycles. The Balaban J connectivity index is 2.49. The van der Waals surface area contributed by atoms with Gasteiger partial charge in [-0.3, -0.25) is 0 Å². The van der Waals surface area contributed by atoms with E-state index in [9.17, 15) is 5.11 Å². The molecule has 0 spiro atoms. The molecular weight excluding hydrogens is 168 g/mol. The number of thioether (sulfide) groups is 1. The molecule has 2 heteroatoms. The first kappa shape index (κ1) is 7.90. The van der Waals surface area contributed by atoms with Crippen LogP contribution in [0.3, 0.4) is 0 Å². The summed E-state index contributed by atoms with van der Waals surface area (Å²) < 4.78 is 0. The summed E-state index contributed by atoms with van der Waals surface area (Å²) >= 11 is 1.68. The molecule has 0 fully saturated rings. The van der Waals surface area contributed by atoms with Crippen LogP contribution >= 0.6 is 11.8 Å². The molecule has 1 aliphatic heterocycles. The topological polar surface area (TPSA) is 20.2 Å². The van der Waals surface area contributed by atoms with E-state index < -0.39 is 6.10 Å². The molecule has 12 heavy (non-hydrogen) atoms. The zero-order chi connectivity index (χ0) is 8.55. The molecule has 1 aromatic rings. The molecule has 1 N–H and O–H groups in total. The van der Waals surface area contributed by atoms with Crippen molar-refractivity contribution in [3.8, 4) is 0 Å². The lowest BCUT2D eigenvalue weighted by Crippen LogP contribution is -2.03. The Morgan fingerprint density at radius 2 is 2.08 bits per heavy atom. The number of hydrogen-bond donors (Lipinski definition) is 1. The molecule has 0 aliphatic carbocycles. The van der Waals surface area contributed by atoms with Gasteiger partial charge in [-0.2, -0.15) is 0 Å². The lowest BCUT2D eigenvalue weighted by atomic mass is 10.0. The van der Waals surface area contributed by atoms with Crippen molar-refractivity contribution >= 4 is 11.8 Å². The molecule has 2 rings (SSSR count). The van der Waals surface area contributed by atoms with Crippen LogP contribution in [-0.2, 0) is 0 Å². The number of aliphatic hydroxyl groups is 1. The van der Waals surface area contributed by atoms with Crippen LogP contribution in [0.4, 0.5) is 0 Å². The molecule has 1 unspecified atom stereocenters. The SMILES string of the molecule is CC1=CSc2ccccc2C1O. The second-order valence-electron chi connectivity index (χ2n) is 2.92. The molecule has 1 nitrogen and oxygen atoms in total. The Hall–Kier alpha value is -0.730. The van der Waals surface area contributed by atoms with E-state index in [4.69, 9.17) is 0 Å². The van der Waals surface area contributed by atoms with Gasteiger partial charge >= 0.3 is 0 Å². The van der Waals surface area contributed by atoms with Gasteiger partial charge in [0.05, 0.1) is 0 Å². The highest BCUT2D eigenvalue weighted by atomic mass is 32.2. The second kappa shape index (κ2) is 2.96. The highest BCUT2D eigenvalue weighted by Gasteiger charge is 2.17. The summed E-state index contributed by atoms with van der Waals surface area (Å²) in [6.07, 6.45) is -0.401. The first-order chi connectivity index (χ1) is 5.79. The third-order valence-electron chi connectivity index (χ3n) is 2.02. The molecule has 1 atom stereocenters. The zero-order valence-electron chi connectivity index (χ0n) is 6.82. The van der Waals surface area contributed by atoms with Gasteiger partial charge in [-0.05, 0) is 29.5 Å². The van der Waals surface area contributed by atoms with Crippen molar-refractivity contribution < 1.29 is 5.11 Å². The number of hydrogen-bond acceptors (Lipinski definition) is 2. The van der Waals surface area contributed by atoms with E-state index in [0.717, 1.165) is 16.0 Å². The Labute approximate surface area is 76.1 Å². The van der Waals surface area contributed by atoms with Gasteiger partial charge in [0.1, 0.15) is 6.10 Å². The third-order valence-corrected chi connectivity index (χ3v) is 3.13. The van der Waals surface area contributed by atoms with E-state index in [-0.39, 0.29) is 0 Å². The molecule has 0 amide bonds. The van der Waals surface area contributed by atoms with Crippen LogP contribution in [0.1, 0.15) is 18.6 Å². The predicted octanol–water partition coefficient (Wildman–Crippen LogP) is 2.73. The summed E-state index contributed by atoms with van der Waals surface area (Å²) in [6.45, 7) is 1.95. The summed E-state index contributed by atoms with van der Waals surface area (Å²) in [6, 6.07) is 7.96. The summed E-state index contributed by atoms with van der Waals surface area (Å²) in [5.74, 6) is 0. The lowest BCUT2D eigenvalue weighted by Gasteiger charge is -2.19. The maximum absolute atomic E-state index is 9.75. The van der Waals surface area contributed by atoms with Crippen molar-refractivity contribution in [2.45, 2.75) is 17.9 Å². The average Bonchev–Trinajstić information content (AvgIpc) is 2.12. The van der Waals surface area contributed by atoms with E-state index >= 15 is 0 Å². The molecule has 0 bridgehead atoms. The van der Waals surface area contributed by atoms with Gasteiger partial charge in [-0.25, -0.2) is 0 Å². The van der Waals surface area contributed by atoms with Gasteiger partial charge in [0.2, 0.25) is 0 Å². The fourth-order valence-electron chi connectivity index (χ4n) is 1.28. The van der Waals surface area contributed by atoms with Gasteiger partial charge < -0.3 is 5.11 Å². The van der Waals surface area contributed by atoms with E-state index in [2.05, 4.69) is 0 Å². The van der Waals surface area contributed by atoms with E-state index in [1.165, 1.54) is 0 Å². The number of fused-ring (bicyclic) bond motifs is 1. The molecule has 0 aromatic heterocycles. The van der Waals surface area contributed by atoms with E-state index in [0.29, 0.717) is 0 Å². The standard InChI is InChI=1S/C10H10OS/c1-7-6-12-9-5-3-2-4-8(9)10(7)11/h2-6,10-11H,1H3. The summed E-state index contributed by atoms with van der Waals surface area (Å²) in [5.41, 5.74) is 2.06. The van der Waals surface area contributed by atoms with Crippen molar-refractivity contribution in [1.82, 2.24) is 0 Å². The lowest BCUT2D eigenvalue weighted by molar-refractivity contribution is 0.212. The first-order valence-corrected chi connectivity index (χ1v) is 4.77. The third kappa shape index (κ3) is 1.17. The zero-order valence-corrected chi connectivity index (χ0v) is 7.64. The van der Waals surface area contributed by atoms with Crippen LogP contribution in [0, 0.1) is 0 Å². The van der Waals surface area contributed by atoms with Crippen molar-refractivity contribution in [1.29, 1.82) is 0 Å². The normalized spacial score (nSPS) is 21.5. The number of rotatable bonds is 0. The van der Waals surface area contributed by atoms with Crippen molar-refractivity contribution in [3.05, 3.63) is 40.8 Å². The van der Waals surface area contributed by atoms with Crippen LogP contribution in [0.5, 0.6) is 0 Å². The van der Waals surface area contributed by atoms with E-state index in [1.807, 2.05) is 36.6 Å². The molecule has 0 radical (unpaired) electrons. The summed E-state index contributed by atoms with van der Waals surface area (Å²) in [4.78, 5) is 1.16. The minimum atomic E-state index is -0.401. The van der Waals surface area contributed by atoms with Crippen LogP contribution in [0.25, 0.3) is 0 Å². The Morgan fingerprint density at radius 3 is 2.92 bits per heavy atom. The van der Waals surface area contributed by atoms with Gasteiger partial charge in [-0.1, -0.05) is 30.0 Å². The highest BCUT2D eigenvalue weighted by molar-refractivity contribution is 8.02. The molecule has 62 valence electrons. The van der Waals surface area contributed by atoms with Gasteiger partial charge in [-0.15, -0.1) is 0 Å². The van der Waals surface area contributed by atoms with E-state index in [1.54, 1.807) is 11.8 Å². The minimum absolute atomic E-state index is 0.401. The smallest absolute Gasteiger partial charge is 0.102 e. The fraction of sp³-hybridized carbons (Fsp3) is 0.200. The maximum Gasteiger partial charge on any atom is 0.102 e. The van der Waals surface area contributed by atoms with Crippen molar-refractivity contribution in [2.24, 2.45) is 0 Å². The number of aliphatic hydroxyl groups excluding tert-OH is 1. The van der Waals surface area contributed by atoms with Crippen molar-refractivity contribution in [3.63, 3.8) is 0 Å². The minimum Gasteiger partial charge on any atom is -0.384 e. The van der Waals surface area contributed by atoms with Gasteiger partial charge in [0.15, 0.2) is 0 Å². The second-order valence-corrected chi connectivity index (χ2v) is 3.83. The fourth-order valence-corrected chi connectivity index (χ4v) is 2.19. The molecular formula is C10H10OS. The molecule has 0 saturated heterocycles. The average molecular weight is 178 g/mol. The summed E-state index contributed by atoms with van der Waals surface area (Å²) in [5, 5.41) is 11.8. The van der Waals surface area contributed by atoms with Crippen molar-refractivity contribution in [2.75, 3.05) is 0 Å². The van der Waals surface area contributed by atoms with Crippen LogP contribution in [-0.4, -0.2) is 5.11 Å². The van der Waals surface area contributed by atoms with Gasteiger partial charge in [0.25, 0.3) is 0 Å². The first-order valence-electron chi connectivity index (χ1n) is 3.89. The van der Waals surface area contributed by atoms with Crippen LogP contribution < -0.4 is 0 Å². The largest absolute Gasteiger partial charge is 0.384 e. The monoisotopic (exact) mass is 178 g/mol. The summed E-state index contributed by atoms with van der Waals surface area (Å²) in [7, 11) is 0. The van der Waals surface area contributed by atoms with Crippen LogP contribution in [0.2, 0.25) is 0 Å². The highest BCUT2D eigenvalue weighted by Crippen LogP contribution is 2.37. The maximum atomic E-state index is 9.75. The number of benzene rings is 1. The molecule has 1 heterocycles. The Kier molecular flexibility index (Phi) is 1.95. The predicted molar refractivity (Wildman–Crippen MR) is 51.0 cm³/mol.